The van der Waals surface area contributed by atoms with E-state index in [4.69, 9.17) is 15.2 Å². The summed E-state index contributed by atoms with van der Waals surface area (Å²) in [7, 11) is 0. The number of nitrogens with two attached hydrogens (primary N) is 1. The topological polar surface area (TPSA) is 156 Å². The molecule has 1 aromatic heterocycles. The molecule has 1 aromatic carbocycles. The van der Waals surface area contributed by atoms with E-state index in [-0.39, 0.29) is 44.4 Å². The van der Waals surface area contributed by atoms with Crippen molar-refractivity contribution in [3.05, 3.63) is 41.0 Å². The van der Waals surface area contributed by atoms with Crippen LogP contribution in [0.4, 0.5) is 0 Å². The van der Waals surface area contributed by atoms with Crippen LogP contribution in [0.25, 0.3) is 10.4 Å². The Morgan fingerprint density at radius 3 is 2.44 bits per heavy atom. The van der Waals surface area contributed by atoms with Gasteiger partial charge in [0.15, 0.2) is 0 Å². The van der Waals surface area contributed by atoms with E-state index in [1.807, 2.05) is 57.5 Å². The van der Waals surface area contributed by atoms with Crippen molar-refractivity contribution in [1.82, 2.24) is 20.5 Å². The molecule has 3 amide bonds. The molecule has 0 spiro atoms. The number of β-amino-alcohol motifs (C(OH)–C–C–N with tert-alkyl or cyclic N) is 1. The highest BCUT2D eigenvalue weighted by Crippen LogP contribution is 2.28. The van der Waals surface area contributed by atoms with Gasteiger partial charge in [-0.05, 0) is 23.5 Å². The van der Waals surface area contributed by atoms with Crippen molar-refractivity contribution in [3.8, 4) is 10.4 Å². The zero-order valence-corrected chi connectivity index (χ0v) is 25.2. The third kappa shape index (κ3) is 9.57. The van der Waals surface area contributed by atoms with E-state index in [9.17, 15) is 19.5 Å². The monoisotopic (exact) mass is 589 g/mol. The second-order valence-electron chi connectivity index (χ2n) is 11.2. The maximum atomic E-state index is 13.7. The lowest BCUT2D eigenvalue weighted by Crippen LogP contribution is -2.57. The molecular formula is C29H43N5O6S. The maximum absolute atomic E-state index is 13.7. The van der Waals surface area contributed by atoms with Crippen LogP contribution in [0.3, 0.4) is 0 Å². The Balaban J connectivity index is 1.57. The van der Waals surface area contributed by atoms with Gasteiger partial charge >= 0.3 is 0 Å². The quantitative estimate of drug-likeness (QED) is 0.242. The highest BCUT2D eigenvalue weighted by molar-refractivity contribution is 7.13. The van der Waals surface area contributed by atoms with E-state index in [0.717, 1.165) is 21.7 Å². The number of benzene rings is 1. The van der Waals surface area contributed by atoms with Gasteiger partial charge in [-0.2, -0.15) is 0 Å². The van der Waals surface area contributed by atoms with Gasteiger partial charge in [-0.1, -0.05) is 45.0 Å². The van der Waals surface area contributed by atoms with Crippen LogP contribution >= 0.6 is 11.3 Å². The van der Waals surface area contributed by atoms with Gasteiger partial charge < -0.3 is 35.8 Å². The summed E-state index contributed by atoms with van der Waals surface area (Å²) in [5.74, 6) is -1.08. The summed E-state index contributed by atoms with van der Waals surface area (Å²) in [5.41, 5.74) is 9.50. The highest BCUT2D eigenvalue weighted by atomic mass is 32.1. The Morgan fingerprint density at radius 2 is 1.83 bits per heavy atom. The number of hydrogen-bond acceptors (Lipinski definition) is 9. The summed E-state index contributed by atoms with van der Waals surface area (Å²) in [5, 5.41) is 16.1. The molecule has 5 N–H and O–H groups in total. The van der Waals surface area contributed by atoms with Crippen LogP contribution < -0.4 is 16.4 Å². The summed E-state index contributed by atoms with van der Waals surface area (Å²) in [6.07, 6.45) is -0.626. The number of aliphatic hydroxyl groups excluding tert-OH is 1. The summed E-state index contributed by atoms with van der Waals surface area (Å²) in [4.78, 5) is 46.3. The van der Waals surface area contributed by atoms with Crippen molar-refractivity contribution in [2.75, 3.05) is 39.5 Å². The van der Waals surface area contributed by atoms with Crippen LogP contribution in [-0.2, 0) is 30.4 Å². The molecule has 3 atom stereocenters. The van der Waals surface area contributed by atoms with Gasteiger partial charge in [-0.25, -0.2) is 4.98 Å². The zero-order valence-electron chi connectivity index (χ0n) is 24.4. The predicted molar refractivity (Wildman–Crippen MR) is 157 cm³/mol. The number of carbonyl (C=O) groups is 3. The molecule has 2 aromatic rings. The third-order valence-electron chi connectivity index (χ3n) is 6.82. The zero-order chi connectivity index (χ0) is 30.0. The first kappa shape index (κ1) is 32.6. The molecule has 11 nitrogen and oxygen atoms in total. The lowest BCUT2D eigenvalue weighted by molar-refractivity contribution is -0.144. The largest absolute Gasteiger partial charge is 0.391 e. The molecule has 0 aliphatic carbocycles. The minimum atomic E-state index is -0.883. The molecule has 12 heteroatoms. The fourth-order valence-electron chi connectivity index (χ4n) is 4.58. The van der Waals surface area contributed by atoms with Crippen molar-refractivity contribution >= 4 is 29.1 Å². The second-order valence-corrected chi connectivity index (χ2v) is 12.1. The molecule has 0 saturated carbocycles. The first-order valence-corrected chi connectivity index (χ1v) is 14.8. The van der Waals surface area contributed by atoms with Crippen molar-refractivity contribution in [1.29, 1.82) is 0 Å². The molecule has 3 unspecified atom stereocenters. The minimum absolute atomic E-state index is 0.0220. The lowest BCUT2D eigenvalue weighted by atomic mass is 9.85. The number of amides is 3. The average Bonchev–Trinajstić information content (AvgIpc) is 3.54. The number of rotatable bonds is 14. The van der Waals surface area contributed by atoms with Gasteiger partial charge in [0, 0.05) is 32.5 Å². The summed E-state index contributed by atoms with van der Waals surface area (Å²) >= 11 is 1.58. The molecule has 1 saturated heterocycles. The van der Waals surface area contributed by atoms with E-state index in [1.54, 1.807) is 11.3 Å². The molecule has 41 heavy (non-hydrogen) atoms. The van der Waals surface area contributed by atoms with Crippen LogP contribution in [-0.4, -0.2) is 90.4 Å². The number of ether oxygens (including phenoxy) is 2. The Kier molecular flexibility index (Phi) is 12.2. The molecule has 0 radical (unpaired) electrons. The number of aryl methyl sites for hydroxylation is 1. The first-order chi connectivity index (χ1) is 19.5. The van der Waals surface area contributed by atoms with Gasteiger partial charge in [0.1, 0.15) is 12.1 Å². The second kappa shape index (κ2) is 15.4. The Morgan fingerprint density at radius 1 is 1.15 bits per heavy atom. The van der Waals surface area contributed by atoms with Crippen LogP contribution in [0.1, 0.15) is 44.9 Å². The number of aliphatic hydroxyl groups is 1. The normalized spacial score (nSPS) is 17.9. The van der Waals surface area contributed by atoms with Crippen molar-refractivity contribution in [3.63, 3.8) is 0 Å². The van der Waals surface area contributed by atoms with Crippen molar-refractivity contribution < 1.29 is 29.0 Å². The van der Waals surface area contributed by atoms with Crippen molar-refractivity contribution in [2.24, 2.45) is 11.1 Å². The molecule has 1 fully saturated rings. The van der Waals surface area contributed by atoms with Gasteiger partial charge in [0.2, 0.25) is 17.7 Å². The van der Waals surface area contributed by atoms with Crippen LogP contribution in [0.15, 0.2) is 29.8 Å². The molecule has 226 valence electrons. The predicted octanol–water partition coefficient (Wildman–Crippen LogP) is 1.61. The van der Waals surface area contributed by atoms with E-state index in [0.29, 0.717) is 26.4 Å². The number of nitrogens with one attached hydrogen (secondary N) is 2. The summed E-state index contributed by atoms with van der Waals surface area (Å²) < 4.78 is 10.7. The number of nitrogens with zero attached hydrogens (tertiary/aromatic N) is 2. The van der Waals surface area contributed by atoms with E-state index in [2.05, 4.69) is 15.6 Å². The number of likely N-dealkylation sites (tertiary alicyclic amines) is 1. The number of thiazole rings is 1. The fraction of sp³-hybridized carbons (Fsp3) is 0.586. The van der Waals surface area contributed by atoms with Crippen molar-refractivity contribution in [2.45, 2.75) is 65.3 Å². The molecule has 1 aliphatic heterocycles. The van der Waals surface area contributed by atoms with E-state index >= 15 is 0 Å². The van der Waals surface area contributed by atoms with Gasteiger partial charge in [0.25, 0.3) is 0 Å². The lowest BCUT2D eigenvalue weighted by Gasteiger charge is -2.35. The Hall–Kier alpha value is -2.90. The smallest absolute Gasteiger partial charge is 0.246 e. The minimum Gasteiger partial charge on any atom is -0.391 e. The van der Waals surface area contributed by atoms with E-state index < -0.39 is 29.5 Å². The number of aromatic nitrogens is 1. The summed E-state index contributed by atoms with van der Waals surface area (Å²) in [6, 6.07) is 6.16. The molecule has 2 heterocycles. The number of hydrogen-bond donors (Lipinski definition) is 4. The van der Waals surface area contributed by atoms with E-state index in [1.165, 1.54) is 4.90 Å². The molecule has 3 rings (SSSR count). The highest BCUT2D eigenvalue weighted by Gasteiger charge is 2.44. The maximum Gasteiger partial charge on any atom is 0.246 e. The van der Waals surface area contributed by atoms with Crippen LogP contribution in [0, 0.1) is 12.3 Å². The first-order valence-electron chi connectivity index (χ1n) is 13.9. The van der Waals surface area contributed by atoms with Gasteiger partial charge in [-0.15, -0.1) is 11.3 Å². The molecule has 1 aliphatic rings. The Labute approximate surface area is 245 Å². The molecule has 0 bridgehead atoms. The summed E-state index contributed by atoms with van der Waals surface area (Å²) in [6.45, 7) is 9.61. The Bertz CT molecular complexity index is 1150. The average molecular weight is 590 g/mol. The van der Waals surface area contributed by atoms with Crippen LogP contribution in [0.5, 0.6) is 0 Å². The SMILES string of the molecule is Cc1ncsc1-c1ccc(CNC(=O)C2CC(O)CN2C(=O)C(NC(=O)CCOCCOCCN)C(C)(C)C)cc1. The third-order valence-corrected chi connectivity index (χ3v) is 7.80. The van der Waals surface area contributed by atoms with Gasteiger partial charge in [-0.3, -0.25) is 14.4 Å². The van der Waals surface area contributed by atoms with Crippen LogP contribution in [0.2, 0.25) is 0 Å². The number of carbonyl (C=O) groups excluding carboxylic acids is 3. The standard InChI is InChI=1S/C29H43N5O6S/c1-19-25(41-18-32-19)21-7-5-20(6-8-21)16-31-27(37)23-15-22(35)17-34(23)28(38)26(29(2,3)4)33-24(36)9-11-39-13-14-40-12-10-30/h5-8,18,22-23,26,35H,9-17,30H2,1-4H3,(H,31,37)(H,33,36). The fourth-order valence-corrected chi connectivity index (χ4v) is 5.40. The molecular weight excluding hydrogens is 546 g/mol. The van der Waals surface area contributed by atoms with Gasteiger partial charge in [0.05, 0.1) is 48.6 Å².